The molecule has 0 radical (unpaired) electrons. The van der Waals surface area contributed by atoms with Crippen LogP contribution in [0.25, 0.3) is 22.4 Å². The smallest absolute Gasteiger partial charge is 0.183 e. The van der Waals surface area contributed by atoms with Crippen molar-refractivity contribution in [3.05, 3.63) is 36.3 Å². The number of pyridine rings is 1. The van der Waals surface area contributed by atoms with Crippen LogP contribution in [0, 0.1) is 11.6 Å². The molecule has 8 heteroatoms. The number of nitrogens with two attached hydrogens (primary N) is 1. The molecule has 0 saturated heterocycles. The standard InChI is InChI=1S/C17H18F2N6/c18-9-4-12-13(7-22-15(12)21-6-9)16-23-8-14(19)17(25-16)24-11-3-1-2-10(20)5-11/h4,6-8,10-11H,1-3,5,20H2,(H,21,22)(H,23,24,25)/t10?,11-/m0/s1. The second-order valence-electron chi connectivity index (χ2n) is 6.41. The lowest BCUT2D eigenvalue weighted by molar-refractivity contribution is 0.407. The van der Waals surface area contributed by atoms with Gasteiger partial charge in [-0.15, -0.1) is 0 Å². The lowest BCUT2D eigenvalue weighted by Crippen LogP contribution is -2.35. The highest BCUT2D eigenvalue weighted by molar-refractivity contribution is 5.91. The van der Waals surface area contributed by atoms with E-state index >= 15 is 0 Å². The van der Waals surface area contributed by atoms with Crippen LogP contribution in [0.1, 0.15) is 25.7 Å². The fourth-order valence-electron chi connectivity index (χ4n) is 3.31. The molecule has 1 aliphatic carbocycles. The summed E-state index contributed by atoms with van der Waals surface area (Å²) in [7, 11) is 0. The van der Waals surface area contributed by atoms with Crippen molar-refractivity contribution in [2.45, 2.75) is 37.8 Å². The molecule has 3 heterocycles. The number of aromatic nitrogens is 4. The summed E-state index contributed by atoms with van der Waals surface area (Å²) in [6.45, 7) is 0. The molecular weight excluding hydrogens is 326 g/mol. The summed E-state index contributed by atoms with van der Waals surface area (Å²) < 4.78 is 27.6. The third-order valence-corrected chi connectivity index (χ3v) is 4.54. The highest BCUT2D eigenvalue weighted by Gasteiger charge is 2.21. The Labute approximate surface area is 142 Å². The number of anilines is 1. The zero-order chi connectivity index (χ0) is 17.4. The molecule has 0 spiro atoms. The molecule has 1 saturated carbocycles. The van der Waals surface area contributed by atoms with Crippen LogP contribution in [0.4, 0.5) is 14.6 Å². The zero-order valence-corrected chi connectivity index (χ0v) is 13.5. The fourth-order valence-corrected chi connectivity index (χ4v) is 3.31. The van der Waals surface area contributed by atoms with Gasteiger partial charge in [-0.25, -0.2) is 23.7 Å². The first kappa shape index (κ1) is 15.9. The van der Waals surface area contributed by atoms with E-state index in [0.29, 0.717) is 22.4 Å². The van der Waals surface area contributed by atoms with E-state index in [1.807, 2.05) is 0 Å². The molecule has 130 valence electrons. The monoisotopic (exact) mass is 344 g/mol. The maximum Gasteiger partial charge on any atom is 0.183 e. The Bertz CT molecular complexity index is 909. The minimum absolute atomic E-state index is 0.0862. The van der Waals surface area contributed by atoms with E-state index in [9.17, 15) is 8.78 Å². The van der Waals surface area contributed by atoms with E-state index in [-0.39, 0.29) is 17.9 Å². The number of aromatic amines is 1. The number of hydrogen-bond donors (Lipinski definition) is 3. The average Bonchev–Trinajstić information content (AvgIpc) is 3.00. The number of halogens is 2. The van der Waals surface area contributed by atoms with Crippen molar-refractivity contribution in [3.63, 3.8) is 0 Å². The van der Waals surface area contributed by atoms with Crippen LogP contribution in [0.5, 0.6) is 0 Å². The van der Waals surface area contributed by atoms with Crippen molar-refractivity contribution in [2.75, 3.05) is 5.32 Å². The maximum atomic E-state index is 14.1. The molecule has 3 aromatic rings. The highest BCUT2D eigenvalue weighted by atomic mass is 19.1. The van der Waals surface area contributed by atoms with Gasteiger partial charge in [-0.1, -0.05) is 0 Å². The van der Waals surface area contributed by atoms with Crippen molar-refractivity contribution in [1.82, 2.24) is 19.9 Å². The predicted molar refractivity (Wildman–Crippen MR) is 90.9 cm³/mol. The number of nitrogens with one attached hydrogen (secondary N) is 2. The maximum absolute atomic E-state index is 14.1. The van der Waals surface area contributed by atoms with E-state index < -0.39 is 11.6 Å². The number of fused-ring (bicyclic) bond motifs is 1. The van der Waals surface area contributed by atoms with Gasteiger partial charge in [-0.2, -0.15) is 0 Å². The molecular formula is C17H18F2N6. The van der Waals surface area contributed by atoms with Crippen LogP contribution in [-0.2, 0) is 0 Å². The molecule has 1 fully saturated rings. The van der Waals surface area contributed by atoms with Gasteiger partial charge in [0, 0.05) is 29.2 Å². The van der Waals surface area contributed by atoms with Crippen molar-refractivity contribution < 1.29 is 8.78 Å². The van der Waals surface area contributed by atoms with E-state index in [0.717, 1.165) is 38.1 Å². The van der Waals surface area contributed by atoms with E-state index in [1.165, 1.54) is 6.07 Å². The third kappa shape index (κ3) is 3.17. The SMILES string of the molecule is NC1CCC[C@H](Nc2nc(-c3c[nH]c4ncc(F)cc34)ncc2F)C1. The molecule has 3 aromatic heterocycles. The van der Waals surface area contributed by atoms with Crippen LogP contribution in [-0.4, -0.2) is 32.0 Å². The van der Waals surface area contributed by atoms with Gasteiger partial charge in [0.25, 0.3) is 0 Å². The lowest BCUT2D eigenvalue weighted by atomic mass is 9.92. The summed E-state index contributed by atoms with van der Waals surface area (Å²) in [6.07, 6.45) is 7.60. The molecule has 0 aliphatic heterocycles. The summed E-state index contributed by atoms with van der Waals surface area (Å²) in [5, 5.41) is 3.69. The van der Waals surface area contributed by atoms with Gasteiger partial charge >= 0.3 is 0 Å². The molecule has 4 N–H and O–H groups in total. The fraction of sp³-hybridized carbons (Fsp3) is 0.353. The largest absolute Gasteiger partial charge is 0.365 e. The number of rotatable bonds is 3. The quantitative estimate of drug-likeness (QED) is 0.679. The molecule has 1 aliphatic rings. The Morgan fingerprint density at radius 1 is 1.20 bits per heavy atom. The van der Waals surface area contributed by atoms with Crippen LogP contribution < -0.4 is 11.1 Å². The van der Waals surface area contributed by atoms with Crippen molar-refractivity contribution in [2.24, 2.45) is 5.73 Å². The van der Waals surface area contributed by atoms with Crippen LogP contribution in [0.3, 0.4) is 0 Å². The molecule has 6 nitrogen and oxygen atoms in total. The summed E-state index contributed by atoms with van der Waals surface area (Å²) in [5.41, 5.74) is 7.09. The van der Waals surface area contributed by atoms with Gasteiger partial charge < -0.3 is 16.0 Å². The molecule has 4 rings (SSSR count). The van der Waals surface area contributed by atoms with Crippen molar-refractivity contribution in [1.29, 1.82) is 0 Å². The van der Waals surface area contributed by atoms with Crippen LogP contribution in [0.2, 0.25) is 0 Å². The van der Waals surface area contributed by atoms with Gasteiger partial charge in [0.15, 0.2) is 17.5 Å². The van der Waals surface area contributed by atoms with Crippen molar-refractivity contribution >= 4 is 16.9 Å². The average molecular weight is 344 g/mol. The number of nitrogens with zero attached hydrogens (tertiary/aromatic N) is 3. The second-order valence-corrected chi connectivity index (χ2v) is 6.41. The molecule has 0 aromatic carbocycles. The summed E-state index contributed by atoms with van der Waals surface area (Å²) in [4.78, 5) is 15.3. The van der Waals surface area contributed by atoms with E-state index in [4.69, 9.17) is 5.73 Å². The van der Waals surface area contributed by atoms with Crippen LogP contribution >= 0.6 is 0 Å². The lowest BCUT2D eigenvalue weighted by Gasteiger charge is -2.27. The second kappa shape index (κ2) is 6.36. The minimum Gasteiger partial charge on any atom is -0.365 e. The van der Waals surface area contributed by atoms with Gasteiger partial charge in [0.2, 0.25) is 0 Å². The Hall–Kier alpha value is -2.61. The molecule has 25 heavy (non-hydrogen) atoms. The summed E-state index contributed by atoms with van der Waals surface area (Å²) >= 11 is 0. The van der Waals surface area contributed by atoms with Gasteiger partial charge in [-0.3, -0.25) is 0 Å². The minimum atomic E-state index is -0.521. The van der Waals surface area contributed by atoms with E-state index in [2.05, 4.69) is 25.3 Å². The summed E-state index contributed by atoms with van der Waals surface area (Å²) in [5.74, 6) is -0.525. The Kier molecular flexibility index (Phi) is 4.04. The van der Waals surface area contributed by atoms with Gasteiger partial charge in [0.1, 0.15) is 11.5 Å². The first-order valence-electron chi connectivity index (χ1n) is 8.28. The summed E-state index contributed by atoms with van der Waals surface area (Å²) in [6, 6.07) is 1.56. The van der Waals surface area contributed by atoms with Crippen molar-refractivity contribution in [3.8, 4) is 11.4 Å². The topological polar surface area (TPSA) is 92.5 Å². The Balaban J connectivity index is 1.67. The normalized spacial score (nSPS) is 20.8. The number of H-pyrrole nitrogens is 1. The van der Waals surface area contributed by atoms with Crippen LogP contribution in [0.15, 0.2) is 24.7 Å². The Morgan fingerprint density at radius 2 is 2.08 bits per heavy atom. The zero-order valence-electron chi connectivity index (χ0n) is 13.5. The van der Waals surface area contributed by atoms with Gasteiger partial charge in [0.05, 0.1) is 12.4 Å². The molecule has 0 amide bonds. The highest BCUT2D eigenvalue weighted by Crippen LogP contribution is 2.28. The van der Waals surface area contributed by atoms with E-state index in [1.54, 1.807) is 6.20 Å². The molecule has 0 bridgehead atoms. The molecule has 1 unspecified atom stereocenters. The third-order valence-electron chi connectivity index (χ3n) is 4.54. The first-order valence-corrected chi connectivity index (χ1v) is 8.28. The van der Waals surface area contributed by atoms with Gasteiger partial charge in [-0.05, 0) is 31.7 Å². The number of hydrogen-bond acceptors (Lipinski definition) is 5. The molecule has 2 atom stereocenters. The first-order chi connectivity index (χ1) is 12.1. The predicted octanol–water partition coefficient (Wildman–Crippen LogP) is 2.98. The Morgan fingerprint density at radius 3 is 2.92 bits per heavy atom.